The second kappa shape index (κ2) is 5.64. The van der Waals surface area contributed by atoms with E-state index in [0.29, 0.717) is 0 Å². The maximum atomic E-state index is 9.44. The molecule has 114 valence electrons. The van der Waals surface area contributed by atoms with Crippen LogP contribution in [0.25, 0.3) is 21.3 Å². The van der Waals surface area contributed by atoms with Gasteiger partial charge in [0.2, 0.25) is 0 Å². The summed E-state index contributed by atoms with van der Waals surface area (Å²) in [7, 11) is 0. The quantitative estimate of drug-likeness (QED) is 0.712. The van der Waals surface area contributed by atoms with Crippen LogP contribution in [0.2, 0.25) is 0 Å². The van der Waals surface area contributed by atoms with E-state index in [2.05, 4.69) is 21.2 Å². The first-order chi connectivity index (χ1) is 11.3. The fraction of sp³-hybridized carbons (Fsp3) is 0.278. The van der Waals surface area contributed by atoms with E-state index < -0.39 is 0 Å². The topological polar surface area (TPSA) is 52.8 Å². The Balaban J connectivity index is 2.01. The van der Waals surface area contributed by atoms with Crippen LogP contribution in [0.3, 0.4) is 0 Å². The Kier molecular flexibility index (Phi) is 3.47. The molecule has 0 radical (unpaired) electrons. The molecule has 4 rings (SSSR count). The number of thiophene rings is 1. The summed E-state index contributed by atoms with van der Waals surface area (Å²) in [6.45, 7) is 4.06. The number of anilines is 1. The average Bonchev–Trinajstić information content (AvgIpc) is 3.23. The minimum atomic E-state index is 0.757. The van der Waals surface area contributed by atoms with E-state index in [-0.39, 0.29) is 0 Å². The molecule has 0 unspecified atom stereocenters. The molecule has 0 amide bonds. The van der Waals surface area contributed by atoms with Crippen LogP contribution in [0.4, 0.5) is 5.82 Å². The minimum absolute atomic E-state index is 0.757. The summed E-state index contributed by atoms with van der Waals surface area (Å²) in [6, 6.07) is 12.4. The van der Waals surface area contributed by atoms with Crippen molar-refractivity contribution in [2.24, 2.45) is 0 Å². The minimum Gasteiger partial charge on any atom is -0.355 e. The van der Waals surface area contributed by atoms with Crippen molar-refractivity contribution in [3.8, 4) is 17.3 Å². The van der Waals surface area contributed by atoms with Crippen molar-refractivity contribution < 1.29 is 0 Å². The second-order valence-corrected chi connectivity index (χ2v) is 6.83. The molecule has 0 atom stereocenters. The number of nitriles is 1. The Labute approximate surface area is 139 Å². The molecule has 5 heteroatoms. The lowest BCUT2D eigenvalue weighted by molar-refractivity contribution is 0.907. The van der Waals surface area contributed by atoms with Crippen molar-refractivity contribution in [2.75, 3.05) is 18.0 Å². The van der Waals surface area contributed by atoms with E-state index in [4.69, 9.17) is 0 Å². The van der Waals surface area contributed by atoms with E-state index >= 15 is 0 Å². The molecule has 0 saturated carbocycles. The summed E-state index contributed by atoms with van der Waals surface area (Å²) >= 11 is 1.53. The van der Waals surface area contributed by atoms with Gasteiger partial charge in [0.15, 0.2) is 5.82 Å². The molecule has 1 aliphatic rings. The van der Waals surface area contributed by atoms with E-state index in [1.165, 1.54) is 24.2 Å². The van der Waals surface area contributed by atoms with Gasteiger partial charge >= 0.3 is 0 Å². The number of benzene rings is 1. The fourth-order valence-corrected chi connectivity index (χ4v) is 4.29. The Bertz CT molecular complexity index is 902. The van der Waals surface area contributed by atoms with Gasteiger partial charge in [0, 0.05) is 24.0 Å². The van der Waals surface area contributed by atoms with Crippen LogP contribution in [-0.2, 0) is 0 Å². The predicted molar refractivity (Wildman–Crippen MR) is 93.8 cm³/mol. The number of rotatable bonds is 2. The predicted octanol–water partition coefficient (Wildman–Crippen LogP) is 4.14. The summed E-state index contributed by atoms with van der Waals surface area (Å²) in [5, 5.41) is 19.6. The van der Waals surface area contributed by atoms with Crippen molar-refractivity contribution in [2.45, 2.75) is 19.8 Å². The summed E-state index contributed by atoms with van der Waals surface area (Å²) in [5.74, 6) is 0.937. The number of aromatic nitrogens is 2. The van der Waals surface area contributed by atoms with Crippen LogP contribution < -0.4 is 4.90 Å². The molecule has 0 spiro atoms. The van der Waals surface area contributed by atoms with Crippen molar-refractivity contribution in [3.05, 3.63) is 40.8 Å². The lowest BCUT2D eigenvalue weighted by Gasteiger charge is -2.17. The van der Waals surface area contributed by atoms with Gasteiger partial charge in [-0.05, 0) is 25.3 Å². The maximum Gasteiger partial charge on any atom is 0.160 e. The molecule has 4 nitrogen and oxygen atoms in total. The summed E-state index contributed by atoms with van der Waals surface area (Å²) in [5.41, 5.74) is 2.95. The van der Waals surface area contributed by atoms with Crippen molar-refractivity contribution in [1.82, 2.24) is 10.2 Å². The first kappa shape index (κ1) is 14.2. The molecular formula is C18H16N4S. The van der Waals surface area contributed by atoms with Gasteiger partial charge in [-0.2, -0.15) is 5.26 Å². The van der Waals surface area contributed by atoms with E-state index in [1.54, 1.807) is 0 Å². The molecule has 2 aromatic heterocycles. The third-order valence-corrected chi connectivity index (χ3v) is 5.59. The second-order valence-electron chi connectivity index (χ2n) is 5.80. The Morgan fingerprint density at radius 3 is 2.57 bits per heavy atom. The zero-order chi connectivity index (χ0) is 15.8. The van der Waals surface area contributed by atoms with Gasteiger partial charge in [0.05, 0.1) is 4.70 Å². The molecule has 0 bridgehead atoms. The number of hydrogen-bond donors (Lipinski definition) is 0. The van der Waals surface area contributed by atoms with E-state index in [9.17, 15) is 5.26 Å². The van der Waals surface area contributed by atoms with Crippen LogP contribution in [-0.4, -0.2) is 23.3 Å². The van der Waals surface area contributed by atoms with E-state index in [1.807, 2.05) is 37.3 Å². The molecule has 0 N–H and O–H groups in total. The molecule has 3 aromatic rings. The zero-order valence-electron chi connectivity index (χ0n) is 12.9. The molecule has 3 heterocycles. The highest BCUT2D eigenvalue weighted by atomic mass is 32.1. The van der Waals surface area contributed by atoms with Crippen LogP contribution in [0.1, 0.15) is 23.3 Å². The lowest BCUT2D eigenvalue weighted by Crippen LogP contribution is -2.20. The zero-order valence-corrected chi connectivity index (χ0v) is 13.7. The van der Waals surface area contributed by atoms with Gasteiger partial charge < -0.3 is 4.90 Å². The highest BCUT2D eigenvalue weighted by molar-refractivity contribution is 7.20. The monoisotopic (exact) mass is 320 g/mol. The molecule has 1 aromatic carbocycles. The largest absolute Gasteiger partial charge is 0.355 e. The van der Waals surface area contributed by atoms with Crippen LogP contribution in [0.5, 0.6) is 0 Å². The van der Waals surface area contributed by atoms with Gasteiger partial charge in [0.1, 0.15) is 16.6 Å². The third kappa shape index (κ3) is 2.27. The lowest BCUT2D eigenvalue weighted by atomic mass is 10.1. The highest BCUT2D eigenvalue weighted by Crippen LogP contribution is 2.40. The van der Waals surface area contributed by atoms with Gasteiger partial charge in [-0.1, -0.05) is 30.3 Å². The normalized spacial score (nSPS) is 14.3. The first-order valence-electron chi connectivity index (χ1n) is 7.80. The highest BCUT2D eigenvalue weighted by Gasteiger charge is 2.23. The number of hydrogen-bond acceptors (Lipinski definition) is 5. The molecular weight excluding hydrogens is 304 g/mol. The smallest absolute Gasteiger partial charge is 0.160 e. The number of fused-ring (bicyclic) bond motifs is 1. The summed E-state index contributed by atoms with van der Waals surface area (Å²) in [6.07, 6.45) is 2.38. The van der Waals surface area contributed by atoms with Gasteiger partial charge in [-0.25, -0.2) is 0 Å². The Hall–Kier alpha value is -2.45. The standard InChI is InChI=1S/C18H16N4S/c1-12-14(11-19)23-17-15(12)18(22-9-5-6-10-22)21-20-16(17)13-7-3-2-4-8-13/h2-4,7-8H,5-6,9-10H2,1H3. The molecule has 1 fully saturated rings. The van der Waals surface area contributed by atoms with Crippen molar-refractivity contribution in [1.29, 1.82) is 5.26 Å². The molecule has 0 aliphatic carbocycles. The number of nitrogens with zero attached hydrogens (tertiary/aromatic N) is 4. The van der Waals surface area contributed by atoms with Crippen LogP contribution >= 0.6 is 11.3 Å². The SMILES string of the molecule is Cc1c(C#N)sc2c(-c3ccccc3)nnc(N3CCCC3)c12. The van der Waals surface area contributed by atoms with Crippen molar-refractivity contribution in [3.63, 3.8) is 0 Å². The number of aryl methyl sites for hydroxylation is 1. The summed E-state index contributed by atoms with van der Waals surface area (Å²) in [4.78, 5) is 3.05. The van der Waals surface area contributed by atoms with Crippen LogP contribution in [0, 0.1) is 18.3 Å². The van der Waals surface area contributed by atoms with Crippen molar-refractivity contribution >= 4 is 27.2 Å². The third-order valence-electron chi connectivity index (χ3n) is 4.38. The maximum absolute atomic E-state index is 9.44. The summed E-state index contributed by atoms with van der Waals surface area (Å²) < 4.78 is 1.07. The van der Waals surface area contributed by atoms with Gasteiger partial charge in [-0.15, -0.1) is 21.5 Å². The Morgan fingerprint density at radius 2 is 1.87 bits per heavy atom. The molecule has 23 heavy (non-hydrogen) atoms. The molecule has 1 saturated heterocycles. The Morgan fingerprint density at radius 1 is 1.13 bits per heavy atom. The van der Waals surface area contributed by atoms with E-state index in [0.717, 1.165) is 50.7 Å². The first-order valence-corrected chi connectivity index (χ1v) is 8.61. The molecule has 1 aliphatic heterocycles. The van der Waals surface area contributed by atoms with Gasteiger partial charge in [-0.3, -0.25) is 0 Å². The van der Waals surface area contributed by atoms with Gasteiger partial charge in [0.25, 0.3) is 0 Å². The average molecular weight is 320 g/mol. The van der Waals surface area contributed by atoms with Crippen LogP contribution in [0.15, 0.2) is 30.3 Å². The fourth-order valence-electron chi connectivity index (χ4n) is 3.18.